The van der Waals surface area contributed by atoms with Gasteiger partial charge >= 0.3 is 0 Å². The fourth-order valence-corrected chi connectivity index (χ4v) is 2.42. The van der Waals surface area contributed by atoms with Crippen LogP contribution < -0.4 is 10.6 Å². The number of aromatic nitrogens is 2. The van der Waals surface area contributed by atoms with Crippen LogP contribution in [0.5, 0.6) is 0 Å². The SMILES string of the molecule is CCC(C)NC(=O)CCn1cncc1[C@@H]1CCCN1. The van der Waals surface area contributed by atoms with Crippen LogP contribution in [0.25, 0.3) is 0 Å². The number of imidazole rings is 1. The number of rotatable bonds is 6. The summed E-state index contributed by atoms with van der Waals surface area (Å²) in [6.45, 7) is 5.88. The summed E-state index contributed by atoms with van der Waals surface area (Å²) in [5.74, 6) is 0.119. The molecule has 2 atom stereocenters. The van der Waals surface area contributed by atoms with E-state index in [4.69, 9.17) is 0 Å². The average Bonchev–Trinajstić information content (AvgIpc) is 3.06. The normalized spacial score (nSPS) is 20.4. The van der Waals surface area contributed by atoms with E-state index >= 15 is 0 Å². The first-order chi connectivity index (χ1) is 9.20. The van der Waals surface area contributed by atoms with Crippen LogP contribution in [0.4, 0.5) is 0 Å². The van der Waals surface area contributed by atoms with Gasteiger partial charge in [0.15, 0.2) is 0 Å². The van der Waals surface area contributed by atoms with Gasteiger partial charge in [0.25, 0.3) is 0 Å². The molecule has 0 aliphatic carbocycles. The van der Waals surface area contributed by atoms with E-state index < -0.39 is 0 Å². The Bertz CT molecular complexity index is 409. The van der Waals surface area contributed by atoms with Crippen LogP contribution in [0, 0.1) is 0 Å². The van der Waals surface area contributed by atoms with E-state index in [-0.39, 0.29) is 11.9 Å². The van der Waals surface area contributed by atoms with Crippen molar-refractivity contribution in [3.63, 3.8) is 0 Å². The van der Waals surface area contributed by atoms with Crippen LogP contribution in [-0.4, -0.2) is 28.0 Å². The fourth-order valence-electron chi connectivity index (χ4n) is 2.42. The van der Waals surface area contributed by atoms with Crippen molar-refractivity contribution >= 4 is 5.91 Å². The molecule has 1 fully saturated rings. The van der Waals surface area contributed by atoms with Crippen LogP contribution in [0.3, 0.4) is 0 Å². The Labute approximate surface area is 114 Å². The maximum absolute atomic E-state index is 11.8. The Kier molecular flexibility index (Phi) is 4.96. The van der Waals surface area contributed by atoms with E-state index in [0.29, 0.717) is 19.0 Å². The lowest BCUT2D eigenvalue weighted by molar-refractivity contribution is -0.121. The molecule has 0 radical (unpaired) electrons. The fraction of sp³-hybridized carbons (Fsp3) is 0.714. The molecule has 0 spiro atoms. The van der Waals surface area contributed by atoms with Gasteiger partial charge in [-0.25, -0.2) is 4.98 Å². The van der Waals surface area contributed by atoms with Gasteiger partial charge in [0, 0.05) is 31.2 Å². The number of amides is 1. The van der Waals surface area contributed by atoms with Gasteiger partial charge in [-0.2, -0.15) is 0 Å². The van der Waals surface area contributed by atoms with Gasteiger partial charge in [-0.05, 0) is 32.7 Å². The van der Waals surface area contributed by atoms with Gasteiger partial charge in [-0.1, -0.05) is 6.92 Å². The van der Waals surface area contributed by atoms with Crippen molar-refractivity contribution in [2.75, 3.05) is 6.54 Å². The standard InChI is InChI=1S/C14H24N4O/c1-3-11(2)17-14(19)6-8-18-10-15-9-13(18)12-5-4-7-16-12/h9-12,16H,3-8H2,1-2H3,(H,17,19)/t11?,12-/m0/s1. The van der Waals surface area contributed by atoms with Crippen LogP contribution in [0.15, 0.2) is 12.5 Å². The van der Waals surface area contributed by atoms with Crippen molar-refractivity contribution in [2.45, 2.75) is 58.2 Å². The monoisotopic (exact) mass is 264 g/mol. The summed E-state index contributed by atoms with van der Waals surface area (Å²) in [4.78, 5) is 16.0. The summed E-state index contributed by atoms with van der Waals surface area (Å²) >= 11 is 0. The Morgan fingerprint density at radius 2 is 2.53 bits per heavy atom. The van der Waals surface area contributed by atoms with E-state index in [1.54, 1.807) is 0 Å². The van der Waals surface area contributed by atoms with Crippen molar-refractivity contribution in [1.29, 1.82) is 0 Å². The second-order valence-corrected chi connectivity index (χ2v) is 5.29. The van der Waals surface area contributed by atoms with Gasteiger partial charge in [0.1, 0.15) is 0 Å². The van der Waals surface area contributed by atoms with Gasteiger partial charge in [0.2, 0.25) is 5.91 Å². The van der Waals surface area contributed by atoms with Crippen molar-refractivity contribution in [3.8, 4) is 0 Å². The number of carbonyl (C=O) groups is 1. The summed E-state index contributed by atoms with van der Waals surface area (Å²) in [7, 11) is 0. The molecule has 1 aliphatic rings. The molecule has 2 N–H and O–H groups in total. The molecule has 1 unspecified atom stereocenters. The lowest BCUT2D eigenvalue weighted by Crippen LogP contribution is -2.32. The van der Waals surface area contributed by atoms with Crippen molar-refractivity contribution in [3.05, 3.63) is 18.2 Å². The zero-order valence-electron chi connectivity index (χ0n) is 11.9. The van der Waals surface area contributed by atoms with Gasteiger partial charge in [-0.15, -0.1) is 0 Å². The van der Waals surface area contributed by atoms with Crippen molar-refractivity contribution in [2.24, 2.45) is 0 Å². The molecule has 19 heavy (non-hydrogen) atoms. The summed E-state index contributed by atoms with van der Waals surface area (Å²) in [5.41, 5.74) is 1.20. The first-order valence-electron chi connectivity index (χ1n) is 7.23. The number of hydrogen-bond acceptors (Lipinski definition) is 3. The molecule has 2 rings (SSSR count). The third-order valence-electron chi connectivity index (χ3n) is 3.76. The Morgan fingerprint density at radius 3 is 3.21 bits per heavy atom. The highest BCUT2D eigenvalue weighted by Crippen LogP contribution is 2.22. The molecule has 0 saturated carbocycles. The van der Waals surface area contributed by atoms with E-state index in [0.717, 1.165) is 19.4 Å². The van der Waals surface area contributed by atoms with E-state index in [9.17, 15) is 4.79 Å². The largest absolute Gasteiger partial charge is 0.354 e. The van der Waals surface area contributed by atoms with Crippen LogP contribution in [-0.2, 0) is 11.3 Å². The van der Waals surface area contributed by atoms with Crippen molar-refractivity contribution < 1.29 is 4.79 Å². The Balaban J connectivity index is 1.86. The highest BCUT2D eigenvalue weighted by Gasteiger charge is 2.19. The summed E-state index contributed by atoms with van der Waals surface area (Å²) in [6, 6.07) is 0.659. The first kappa shape index (κ1) is 14.1. The third-order valence-corrected chi connectivity index (χ3v) is 3.76. The molecule has 1 aliphatic heterocycles. The van der Waals surface area contributed by atoms with Crippen molar-refractivity contribution in [1.82, 2.24) is 20.2 Å². The number of carbonyl (C=O) groups excluding carboxylic acids is 1. The Morgan fingerprint density at radius 1 is 1.68 bits per heavy atom. The number of aryl methyl sites for hydroxylation is 1. The number of nitrogens with one attached hydrogen (secondary N) is 2. The Hall–Kier alpha value is -1.36. The molecule has 1 saturated heterocycles. The molecule has 5 heteroatoms. The second kappa shape index (κ2) is 6.70. The molecule has 1 amide bonds. The topological polar surface area (TPSA) is 59.0 Å². The highest BCUT2D eigenvalue weighted by molar-refractivity contribution is 5.76. The zero-order valence-corrected chi connectivity index (χ0v) is 11.9. The summed E-state index contributed by atoms with van der Waals surface area (Å²) in [5, 5.41) is 6.46. The molecule has 106 valence electrons. The maximum Gasteiger partial charge on any atom is 0.221 e. The molecule has 5 nitrogen and oxygen atoms in total. The lowest BCUT2D eigenvalue weighted by Gasteiger charge is -2.15. The second-order valence-electron chi connectivity index (χ2n) is 5.29. The van der Waals surface area contributed by atoms with Gasteiger partial charge in [0.05, 0.1) is 12.0 Å². The minimum absolute atomic E-state index is 0.119. The first-order valence-corrected chi connectivity index (χ1v) is 7.23. The number of nitrogens with zero attached hydrogens (tertiary/aromatic N) is 2. The lowest BCUT2D eigenvalue weighted by atomic mass is 10.1. The molecule has 0 bridgehead atoms. The molecule has 2 heterocycles. The smallest absolute Gasteiger partial charge is 0.221 e. The predicted molar refractivity (Wildman–Crippen MR) is 74.7 cm³/mol. The molecule has 0 aromatic carbocycles. The maximum atomic E-state index is 11.8. The highest BCUT2D eigenvalue weighted by atomic mass is 16.1. The molecular weight excluding hydrogens is 240 g/mol. The molecule has 1 aromatic heterocycles. The van der Waals surface area contributed by atoms with Crippen LogP contribution in [0.2, 0.25) is 0 Å². The minimum atomic E-state index is 0.119. The van der Waals surface area contributed by atoms with Crippen LogP contribution >= 0.6 is 0 Å². The summed E-state index contributed by atoms with van der Waals surface area (Å²) in [6.07, 6.45) is 7.59. The van der Waals surface area contributed by atoms with E-state index in [2.05, 4.69) is 27.1 Å². The summed E-state index contributed by atoms with van der Waals surface area (Å²) < 4.78 is 2.10. The number of hydrogen-bond donors (Lipinski definition) is 2. The van der Waals surface area contributed by atoms with Gasteiger partial charge < -0.3 is 15.2 Å². The minimum Gasteiger partial charge on any atom is -0.354 e. The van der Waals surface area contributed by atoms with Crippen LogP contribution in [0.1, 0.15) is 51.3 Å². The average molecular weight is 264 g/mol. The van der Waals surface area contributed by atoms with E-state index in [1.165, 1.54) is 12.1 Å². The third kappa shape index (κ3) is 3.80. The van der Waals surface area contributed by atoms with E-state index in [1.807, 2.05) is 19.4 Å². The molecular formula is C14H24N4O. The zero-order chi connectivity index (χ0) is 13.7. The van der Waals surface area contributed by atoms with Gasteiger partial charge in [-0.3, -0.25) is 4.79 Å². The predicted octanol–water partition coefficient (Wildman–Crippen LogP) is 1.61. The molecule has 1 aromatic rings. The quantitative estimate of drug-likeness (QED) is 0.820.